The van der Waals surface area contributed by atoms with Gasteiger partial charge in [-0.25, -0.2) is 8.42 Å². The zero-order valence-corrected chi connectivity index (χ0v) is 18.9. The molecular weight excluding hydrogens is 493 g/mol. The lowest BCUT2D eigenvalue weighted by molar-refractivity contribution is 0.596. The number of allylic oxidation sites excluding steroid dienone is 2. The predicted octanol–water partition coefficient (Wildman–Crippen LogP) is 7.64. The monoisotopic (exact) mass is 502 g/mol. The van der Waals surface area contributed by atoms with E-state index >= 15 is 0 Å². The van der Waals surface area contributed by atoms with Crippen LogP contribution in [0.15, 0.2) is 46.2 Å². The highest BCUT2D eigenvalue weighted by molar-refractivity contribution is 7.91. The number of rotatable bonds is 6. The van der Waals surface area contributed by atoms with E-state index in [1.54, 1.807) is 36.4 Å². The molecule has 2 rings (SSSR count). The van der Waals surface area contributed by atoms with Gasteiger partial charge in [0.15, 0.2) is 0 Å². The first-order valence-corrected chi connectivity index (χ1v) is 11.5. The second kappa shape index (κ2) is 9.89. The van der Waals surface area contributed by atoms with Crippen molar-refractivity contribution in [1.29, 1.82) is 0 Å². The molecule has 144 valence electrons. The maximum absolute atomic E-state index is 13.2. The molecule has 0 saturated carbocycles. The summed E-state index contributed by atoms with van der Waals surface area (Å²) in [5.41, 5.74) is 0.840. The van der Waals surface area contributed by atoms with Crippen molar-refractivity contribution in [3.63, 3.8) is 0 Å². The number of hydrogen-bond donors (Lipinski definition) is 0. The van der Waals surface area contributed by atoms with E-state index in [1.165, 1.54) is 12.1 Å². The Morgan fingerprint density at radius 1 is 0.704 bits per heavy atom. The zero-order valence-electron chi connectivity index (χ0n) is 13.5. The van der Waals surface area contributed by atoms with Crippen LogP contribution in [0.2, 0.25) is 20.1 Å². The third-order valence-corrected chi connectivity index (χ3v) is 7.08. The van der Waals surface area contributed by atoms with Gasteiger partial charge in [-0.3, -0.25) is 0 Å². The molecule has 0 radical (unpaired) electrons. The van der Waals surface area contributed by atoms with Gasteiger partial charge >= 0.3 is 0 Å². The largest absolute Gasteiger partial charge is 0.218 e. The molecule has 27 heavy (non-hydrogen) atoms. The number of hydrogen-bond acceptors (Lipinski definition) is 2. The topological polar surface area (TPSA) is 34.1 Å². The molecule has 0 amide bonds. The Morgan fingerprint density at radius 2 is 1.07 bits per heavy atom. The van der Waals surface area contributed by atoms with E-state index < -0.39 is 9.84 Å². The fraction of sp³-hybridized carbons (Fsp3) is 0.111. The maximum atomic E-state index is 13.2. The average Bonchev–Trinajstić information content (AvgIpc) is 2.62. The maximum Gasteiger partial charge on any atom is 0.209 e. The summed E-state index contributed by atoms with van der Waals surface area (Å²) >= 11 is 36.1. The van der Waals surface area contributed by atoms with E-state index in [-0.39, 0.29) is 41.6 Å². The van der Waals surface area contributed by atoms with Crippen LogP contribution in [0, 0.1) is 0 Å². The molecule has 2 aromatic carbocycles. The molecule has 0 unspecified atom stereocenters. The minimum Gasteiger partial charge on any atom is -0.218 e. The summed E-state index contributed by atoms with van der Waals surface area (Å²) in [6.07, 6.45) is 6.43. The Hall–Kier alpha value is -0.390. The molecule has 2 aromatic rings. The predicted molar refractivity (Wildman–Crippen MR) is 118 cm³/mol. The van der Waals surface area contributed by atoms with Gasteiger partial charge in [0.2, 0.25) is 9.84 Å². The molecule has 0 fully saturated rings. The molecule has 0 aliphatic rings. The van der Waals surface area contributed by atoms with Gasteiger partial charge in [-0.2, -0.15) is 0 Å². The normalized spacial score (nSPS) is 12.4. The highest BCUT2D eigenvalue weighted by Gasteiger charge is 2.27. The van der Waals surface area contributed by atoms with E-state index in [4.69, 9.17) is 69.6 Å². The van der Waals surface area contributed by atoms with Crippen molar-refractivity contribution in [3.8, 4) is 0 Å². The molecule has 0 spiro atoms. The minimum absolute atomic E-state index is 0.00894. The summed E-state index contributed by atoms with van der Waals surface area (Å²) in [4.78, 5) is -0.357. The fourth-order valence-corrected chi connectivity index (χ4v) is 5.49. The van der Waals surface area contributed by atoms with Crippen LogP contribution in [-0.4, -0.2) is 20.2 Å². The number of alkyl halides is 2. The van der Waals surface area contributed by atoms with Crippen molar-refractivity contribution in [2.45, 2.75) is 9.79 Å². The van der Waals surface area contributed by atoms with Crippen molar-refractivity contribution in [3.05, 3.63) is 67.6 Å². The Kier molecular flexibility index (Phi) is 8.38. The van der Waals surface area contributed by atoms with Crippen molar-refractivity contribution in [2.24, 2.45) is 0 Å². The molecule has 0 saturated heterocycles. The number of halogens is 6. The summed E-state index contributed by atoms with van der Waals surface area (Å²) in [6, 6.07) is 5.62. The molecule has 2 nitrogen and oxygen atoms in total. The first-order valence-electron chi connectivity index (χ1n) is 7.40. The van der Waals surface area contributed by atoms with Gasteiger partial charge in [-0.1, -0.05) is 70.7 Å². The third kappa shape index (κ3) is 5.36. The molecule has 0 N–H and O–H groups in total. The van der Waals surface area contributed by atoms with E-state index in [2.05, 4.69) is 0 Å². The summed E-state index contributed by atoms with van der Waals surface area (Å²) in [7, 11) is -4.11. The Morgan fingerprint density at radius 3 is 1.41 bits per heavy atom. The summed E-state index contributed by atoms with van der Waals surface area (Å²) in [5.74, 6) is 0.475. The van der Waals surface area contributed by atoms with Crippen molar-refractivity contribution >= 4 is 91.6 Å². The SMILES string of the molecule is O=S(=O)(c1cc(Cl)cc(/C=C/CCl)c1Cl)c1cc(Cl)cc(/C=C/CCl)c1Cl. The minimum atomic E-state index is -4.11. The Bertz CT molecular complexity index is 937. The lowest BCUT2D eigenvalue weighted by Gasteiger charge is -2.13. The Balaban J connectivity index is 2.74. The van der Waals surface area contributed by atoms with Crippen molar-refractivity contribution < 1.29 is 8.42 Å². The zero-order chi connectivity index (χ0) is 20.2. The van der Waals surface area contributed by atoms with Gasteiger partial charge in [-0.15, -0.1) is 23.2 Å². The van der Waals surface area contributed by atoms with Gasteiger partial charge in [-0.05, 0) is 35.4 Å². The van der Waals surface area contributed by atoms with Gasteiger partial charge < -0.3 is 0 Å². The molecular formula is C18H12Cl6O2S. The molecule has 0 aliphatic heterocycles. The molecule has 0 bridgehead atoms. The highest BCUT2D eigenvalue weighted by atomic mass is 35.5. The quantitative estimate of drug-likeness (QED) is 0.379. The third-order valence-electron chi connectivity index (χ3n) is 3.42. The van der Waals surface area contributed by atoms with Crippen LogP contribution in [-0.2, 0) is 9.84 Å². The first kappa shape index (κ1) is 22.9. The van der Waals surface area contributed by atoms with E-state index in [1.807, 2.05) is 0 Å². The van der Waals surface area contributed by atoms with Crippen LogP contribution in [0.25, 0.3) is 12.2 Å². The molecule has 0 aromatic heterocycles. The molecule has 0 heterocycles. The smallest absolute Gasteiger partial charge is 0.209 e. The Labute approximate surface area is 188 Å². The second-order valence-electron chi connectivity index (χ2n) is 5.23. The first-order chi connectivity index (χ1) is 12.7. The molecule has 0 aliphatic carbocycles. The van der Waals surface area contributed by atoms with Crippen LogP contribution in [0.4, 0.5) is 0 Å². The standard InChI is InChI=1S/C18H12Cl6O2S/c19-5-1-3-11-7-13(21)9-15(17(11)23)27(25,26)16-10-14(22)8-12(18(16)24)4-2-6-20/h1-4,7-10H,5-6H2/b3-1+,4-2+. The van der Waals surface area contributed by atoms with Crippen molar-refractivity contribution in [1.82, 2.24) is 0 Å². The fourth-order valence-electron chi connectivity index (χ4n) is 2.26. The van der Waals surface area contributed by atoms with Gasteiger partial charge in [0, 0.05) is 21.8 Å². The van der Waals surface area contributed by atoms with Crippen LogP contribution >= 0.6 is 69.6 Å². The summed E-state index contributed by atoms with van der Waals surface area (Å²) in [6.45, 7) is 0. The van der Waals surface area contributed by atoms with E-state index in [0.29, 0.717) is 11.1 Å². The van der Waals surface area contributed by atoms with Gasteiger partial charge in [0.25, 0.3) is 0 Å². The summed E-state index contributed by atoms with van der Waals surface area (Å²) in [5, 5.41) is 0.421. The lowest BCUT2D eigenvalue weighted by atomic mass is 10.2. The van der Waals surface area contributed by atoms with Crippen LogP contribution < -0.4 is 0 Å². The number of benzene rings is 2. The van der Waals surface area contributed by atoms with Crippen LogP contribution in [0.5, 0.6) is 0 Å². The van der Waals surface area contributed by atoms with E-state index in [0.717, 1.165) is 0 Å². The van der Waals surface area contributed by atoms with Crippen molar-refractivity contribution in [2.75, 3.05) is 11.8 Å². The van der Waals surface area contributed by atoms with E-state index in [9.17, 15) is 8.42 Å². The lowest BCUT2D eigenvalue weighted by Crippen LogP contribution is -2.05. The van der Waals surface area contributed by atoms with Gasteiger partial charge in [0.1, 0.15) is 0 Å². The number of sulfone groups is 1. The average molecular weight is 505 g/mol. The summed E-state index contributed by atoms with van der Waals surface area (Å²) < 4.78 is 26.5. The van der Waals surface area contributed by atoms with Crippen LogP contribution in [0.3, 0.4) is 0 Å². The van der Waals surface area contributed by atoms with Crippen LogP contribution in [0.1, 0.15) is 11.1 Å². The second-order valence-corrected chi connectivity index (χ2v) is 9.36. The molecule has 0 atom stereocenters. The highest BCUT2D eigenvalue weighted by Crippen LogP contribution is 2.38. The van der Waals surface area contributed by atoms with Gasteiger partial charge in [0.05, 0.1) is 19.8 Å². The molecule has 9 heteroatoms.